The van der Waals surface area contributed by atoms with Gasteiger partial charge >= 0.3 is 0 Å². The highest BCUT2D eigenvalue weighted by Crippen LogP contribution is 2.59. The maximum absolute atomic E-state index is 9.98. The number of aliphatic hydroxyl groups excluding tert-OH is 1. The fourth-order valence-electron chi connectivity index (χ4n) is 4.48. The molecule has 0 bridgehead atoms. The topological polar surface area (TPSA) is 41.9 Å². The summed E-state index contributed by atoms with van der Waals surface area (Å²) < 4.78 is 11.8. The Hall–Kier alpha value is -1.78. The van der Waals surface area contributed by atoms with E-state index in [1.807, 2.05) is 24.3 Å². The molecule has 2 aliphatic carbocycles. The van der Waals surface area contributed by atoms with Gasteiger partial charge in [0.05, 0.1) is 18.6 Å². The van der Waals surface area contributed by atoms with Crippen LogP contribution in [0.5, 0.6) is 0 Å². The van der Waals surface area contributed by atoms with Crippen molar-refractivity contribution >= 4 is 0 Å². The Balaban J connectivity index is 1.82. The van der Waals surface area contributed by atoms with Crippen LogP contribution in [-0.2, 0) is 9.47 Å². The third-order valence-corrected chi connectivity index (χ3v) is 5.51. The van der Waals surface area contributed by atoms with E-state index in [9.17, 15) is 5.11 Å². The molecule has 23 heavy (non-hydrogen) atoms. The molecule has 4 atom stereocenters. The summed E-state index contributed by atoms with van der Waals surface area (Å²) in [5.41, 5.74) is -0.163. The quantitative estimate of drug-likeness (QED) is 0.812. The van der Waals surface area contributed by atoms with Gasteiger partial charge in [-0.25, -0.2) is 0 Å². The van der Waals surface area contributed by atoms with E-state index in [1.165, 1.54) is 0 Å². The van der Waals surface area contributed by atoms with E-state index in [0.29, 0.717) is 5.92 Å². The number of nitrogens with zero attached hydrogens (tertiary/aromatic N) is 1. The molecule has 0 aromatic rings. The molecule has 2 saturated heterocycles. The van der Waals surface area contributed by atoms with Gasteiger partial charge in [-0.3, -0.25) is 4.90 Å². The summed E-state index contributed by atoms with van der Waals surface area (Å²) in [6.07, 6.45) is 12.6. The molecule has 2 heterocycles. The maximum atomic E-state index is 9.98. The van der Waals surface area contributed by atoms with E-state index in [1.54, 1.807) is 7.11 Å². The lowest BCUT2D eigenvalue weighted by molar-refractivity contribution is 0.210. The van der Waals surface area contributed by atoms with Crippen LogP contribution in [0.25, 0.3) is 0 Å². The van der Waals surface area contributed by atoms with Gasteiger partial charge in [0.25, 0.3) is 0 Å². The highest BCUT2D eigenvalue weighted by atomic mass is 16.5. The zero-order valence-corrected chi connectivity index (χ0v) is 13.4. The highest BCUT2D eigenvalue weighted by Gasteiger charge is 2.57. The van der Waals surface area contributed by atoms with E-state index in [0.717, 1.165) is 43.3 Å². The zero-order valence-electron chi connectivity index (χ0n) is 13.4. The lowest BCUT2D eigenvalue weighted by Gasteiger charge is -2.35. The number of likely N-dealkylation sites (tertiary alicyclic amines) is 1. The molecular formula is C19H23NO3. The Morgan fingerprint density at radius 3 is 3.17 bits per heavy atom. The van der Waals surface area contributed by atoms with Crippen LogP contribution in [0.4, 0.5) is 0 Å². The number of hydrogen-bond donors (Lipinski definition) is 1. The number of aliphatic hydroxyl groups is 1. The minimum atomic E-state index is -0.568. The fraction of sp³-hybridized carbons (Fsp3) is 0.474. The molecule has 2 aliphatic heterocycles. The van der Waals surface area contributed by atoms with Crippen LogP contribution in [0.3, 0.4) is 0 Å². The molecule has 1 spiro atoms. The van der Waals surface area contributed by atoms with E-state index in [-0.39, 0.29) is 11.3 Å². The molecule has 0 radical (unpaired) electrons. The Bertz CT molecular complexity index is 645. The van der Waals surface area contributed by atoms with Crippen LogP contribution < -0.4 is 0 Å². The third kappa shape index (κ3) is 2.12. The van der Waals surface area contributed by atoms with Gasteiger partial charge in [-0.2, -0.15) is 0 Å². The van der Waals surface area contributed by atoms with Gasteiger partial charge in [-0.05, 0) is 25.1 Å². The molecule has 0 aromatic carbocycles. The van der Waals surface area contributed by atoms with Crippen molar-refractivity contribution in [3.05, 3.63) is 60.3 Å². The fourth-order valence-corrected chi connectivity index (χ4v) is 4.48. The van der Waals surface area contributed by atoms with Crippen molar-refractivity contribution in [1.29, 1.82) is 0 Å². The summed E-state index contributed by atoms with van der Waals surface area (Å²) in [4.78, 5) is 2.45. The average Bonchev–Trinajstić information content (AvgIpc) is 2.79. The second kappa shape index (κ2) is 5.39. The van der Waals surface area contributed by atoms with Crippen LogP contribution in [-0.4, -0.2) is 42.9 Å². The largest absolute Gasteiger partial charge is 0.493 e. The minimum Gasteiger partial charge on any atom is -0.493 e. The Morgan fingerprint density at radius 2 is 2.39 bits per heavy atom. The van der Waals surface area contributed by atoms with Crippen molar-refractivity contribution in [1.82, 2.24) is 4.90 Å². The predicted octanol–water partition coefficient (Wildman–Crippen LogP) is 2.37. The molecule has 4 aliphatic rings. The second-order valence-corrected chi connectivity index (χ2v) is 6.75. The summed E-state index contributed by atoms with van der Waals surface area (Å²) in [6, 6.07) is 0. The van der Waals surface area contributed by atoms with Gasteiger partial charge in [0.1, 0.15) is 5.76 Å². The van der Waals surface area contributed by atoms with E-state index < -0.39 is 6.10 Å². The highest BCUT2D eigenvalue weighted by molar-refractivity contribution is 5.42. The van der Waals surface area contributed by atoms with Crippen LogP contribution >= 0.6 is 0 Å². The normalized spacial score (nSPS) is 38.3. The Labute approximate surface area is 137 Å². The van der Waals surface area contributed by atoms with Crippen LogP contribution in [0.2, 0.25) is 0 Å². The molecule has 4 heteroatoms. The smallest absolute Gasteiger partial charge is 0.157 e. The summed E-state index contributed by atoms with van der Waals surface area (Å²) in [5, 5.41) is 9.98. The first-order chi connectivity index (χ1) is 11.2. The van der Waals surface area contributed by atoms with Gasteiger partial charge in [0.15, 0.2) is 11.5 Å². The zero-order chi connectivity index (χ0) is 16.0. The Kier molecular flexibility index (Phi) is 3.47. The predicted molar refractivity (Wildman–Crippen MR) is 88.2 cm³/mol. The molecule has 0 aromatic heterocycles. The third-order valence-electron chi connectivity index (χ3n) is 5.51. The standard InChI is InChI=1S/C19H23NO3/c1-3-9-20-10-8-19-7-6-14(21)11-16(19)23-18-15(22-2)5-4-13(12-20)17(18)19/h3-7,11,13-14,17,21H,1,8-10,12H2,2H3. The van der Waals surface area contributed by atoms with E-state index in [4.69, 9.17) is 9.47 Å². The lowest BCUT2D eigenvalue weighted by atomic mass is 9.65. The number of rotatable bonds is 3. The van der Waals surface area contributed by atoms with Crippen LogP contribution in [0.1, 0.15) is 6.42 Å². The van der Waals surface area contributed by atoms with Gasteiger partial charge in [-0.1, -0.05) is 24.3 Å². The van der Waals surface area contributed by atoms with Gasteiger partial charge < -0.3 is 14.6 Å². The first kappa shape index (κ1) is 14.8. The number of methoxy groups -OCH3 is 1. The lowest BCUT2D eigenvalue weighted by Crippen LogP contribution is -2.34. The summed E-state index contributed by atoms with van der Waals surface area (Å²) in [5.74, 6) is 3.23. The molecular weight excluding hydrogens is 290 g/mol. The first-order valence-corrected chi connectivity index (χ1v) is 8.25. The van der Waals surface area contributed by atoms with Crippen molar-refractivity contribution in [3.8, 4) is 0 Å². The van der Waals surface area contributed by atoms with E-state index >= 15 is 0 Å². The second-order valence-electron chi connectivity index (χ2n) is 6.75. The van der Waals surface area contributed by atoms with Crippen molar-refractivity contribution in [2.75, 3.05) is 26.7 Å². The monoisotopic (exact) mass is 313 g/mol. The van der Waals surface area contributed by atoms with Gasteiger partial charge in [0, 0.05) is 24.9 Å². The molecule has 0 saturated carbocycles. The minimum absolute atomic E-state index is 0.163. The van der Waals surface area contributed by atoms with E-state index in [2.05, 4.69) is 23.6 Å². The number of allylic oxidation sites excluding steroid dienone is 3. The molecule has 4 unspecified atom stereocenters. The summed E-state index contributed by atoms with van der Waals surface area (Å²) >= 11 is 0. The van der Waals surface area contributed by atoms with Crippen molar-refractivity contribution < 1.29 is 14.6 Å². The molecule has 1 N–H and O–H groups in total. The summed E-state index contributed by atoms with van der Waals surface area (Å²) in [6.45, 7) is 6.76. The molecule has 122 valence electrons. The van der Waals surface area contributed by atoms with Crippen molar-refractivity contribution in [2.24, 2.45) is 17.3 Å². The molecule has 0 amide bonds. The summed E-state index contributed by atoms with van der Waals surface area (Å²) in [7, 11) is 1.69. The van der Waals surface area contributed by atoms with Crippen molar-refractivity contribution in [2.45, 2.75) is 12.5 Å². The first-order valence-electron chi connectivity index (χ1n) is 8.25. The average molecular weight is 313 g/mol. The van der Waals surface area contributed by atoms with Gasteiger partial charge in [0.2, 0.25) is 0 Å². The van der Waals surface area contributed by atoms with Crippen LogP contribution in [0, 0.1) is 17.3 Å². The maximum Gasteiger partial charge on any atom is 0.157 e. The SMILES string of the molecule is C=CCN1CCC23C=CC(O)C=C2OC2=C(OC)C=CC(C1)C23. The van der Waals surface area contributed by atoms with Gasteiger partial charge in [-0.15, -0.1) is 6.58 Å². The van der Waals surface area contributed by atoms with Crippen LogP contribution in [0.15, 0.2) is 60.3 Å². The number of hydrogen-bond acceptors (Lipinski definition) is 4. The molecule has 4 nitrogen and oxygen atoms in total. The molecule has 2 fully saturated rings. The Morgan fingerprint density at radius 1 is 1.52 bits per heavy atom. The number of ether oxygens (including phenoxy) is 2. The molecule has 4 rings (SSSR count). The van der Waals surface area contributed by atoms with Crippen molar-refractivity contribution in [3.63, 3.8) is 0 Å².